The monoisotopic (exact) mass is 205 g/mol. The largest absolute Gasteiger partial charge is 0.348 e. The van der Waals surface area contributed by atoms with Gasteiger partial charge in [-0.25, -0.2) is 4.98 Å². The highest BCUT2D eigenvalue weighted by Gasteiger charge is 2.02. The van der Waals surface area contributed by atoms with Gasteiger partial charge in [-0.3, -0.25) is 4.68 Å². The van der Waals surface area contributed by atoms with E-state index in [4.69, 9.17) is 0 Å². The second-order valence-corrected chi connectivity index (χ2v) is 3.52. The molecule has 0 unspecified atom stereocenters. The van der Waals surface area contributed by atoms with Crippen molar-refractivity contribution in [1.29, 1.82) is 0 Å². The van der Waals surface area contributed by atoms with Crippen LogP contribution in [0.3, 0.4) is 0 Å². The number of aromatic nitrogens is 4. The van der Waals surface area contributed by atoms with E-state index in [1.54, 1.807) is 6.20 Å². The van der Waals surface area contributed by atoms with Gasteiger partial charge in [0.1, 0.15) is 5.82 Å². The molecule has 0 radical (unpaired) electrons. The van der Waals surface area contributed by atoms with Crippen LogP contribution >= 0.6 is 0 Å². The van der Waals surface area contributed by atoms with Crippen LogP contribution in [0, 0.1) is 6.92 Å². The highest BCUT2D eigenvalue weighted by molar-refractivity contribution is 5.15. The second-order valence-electron chi connectivity index (χ2n) is 3.52. The number of aryl methyl sites for hydroxylation is 1. The molecule has 2 aromatic rings. The third-order valence-corrected chi connectivity index (χ3v) is 2.50. The Morgan fingerprint density at radius 2 is 2.33 bits per heavy atom. The summed E-state index contributed by atoms with van der Waals surface area (Å²) in [5, 5.41) is 7.50. The molecule has 5 heteroatoms. The molecule has 0 bridgehead atoms. The fourth-order valence-corrected chi connectivity index (χ4v) is 1.43. The van der Waals surface area contributed by atoms with Gasteiger partial charge < -0.3 is 10.3 Å². The van der Waals surface area contributed by atoms with Crippen LogP contribution in [0.15, 0.2) is 18.6 Å². The molecule has 0 aromatic carbocycles. The third-order valence-electron chi connectivity index (χ3n) is 2.50. The van der Waals surface area contributed by atoms with Gasteiger partial charge in [0.2, 0.25) is 0 Å². The first kappa shape index (κ1) is 9.92. The van der Waals surface area contributed by atoms with Crippen molar-refractivity contribution in [2.75, 3.05) is 0 Å². The maximum absolute atomic E-state index is 4.19. The van der Waals surface area contributed by atoms with E-state index in [0.717, 1.165) is 18.9 Å². The van der Waals surface area contributed by atoms with Gasteiger partial charge in [-0.2, -0.15) is 5.10 Å². The summed E-state index contributed by atoms with van der Waals surface area (Å²) in [6.07, 6.45) is 5.48. The molecule has 0 atom stereocenters. The molecule has 0 saturated heterocycles. The number of rotatable bonds is 4. The molecular weight excluding hydrogens is 190 g/mol. The lowest BCUT2D eigenvalue weighted by molar-refractivity contribution is 0.663. The molecule has 0 amide bonds. The summed E-state index contributed by atoms with van der Waals surface area (Å²) in [7, 11) is 1.95. The van der Waals surface area contributed by atoms with E-state index in [1.807, 2.05) is 24.1 Å². The van der Waals surface area contributed by atoms with E-state index in [1.165, 1.54) is 11.3 Å². The molecule has 2 aromatic heterocycles. The molecule has 0 aliphatic carbocycles. The van der Waals surface area contributed by atoms with E-state index in [9.17, 15) is 0 Å². The summed E-state index contributed by atoms with van der Waals surface area (Å²) >= 11 is 0. The minimum Gasteiger partial charge on any atom is -0.348 e. The van der Waals surface area contributed by atoms with Gasteiger partial charge in [-0.15, -0.1) is 0 Å². The number of nitrogens with one attached hydrogen (secondary N) is 2. The number of nitrogens with zero attached hydrogens (tertiary/aromatic N) is 3. The van der Waals surface area contributed by atoms with Gasteiger partial charge in [0, 0.05) is 37.2 Å². The van der Waals surface area contributed by atoms with Gasteiger partial charge in [0.25, 0.3) is 0 Å². The zero-order valence-corrected chi connectivity index (χ0v) is 8.99. The van der Waals surface area contributed by atoms with Crippen molar-refractivity contribution >= 4 is 0 Å². The maximum atomic E-state index is 4.19. The van der Waals surface area contributed by atoms with Crippen molar-refractivity contribution in [2.24, 2.45) is 7.05 Å². The highest BCUT2D eigenvalue weighted by atomic mass is 15.3. The standard InChI is InChI=1S/C10H15N5/c1-8-9(6-14-15(8)2)5-11-7-10-12-3-4-13-10/h3-4,6,11H,5,7H2,1-2H3,(H,12,13). The van der Waals surface area contributed by atoms with Gasteiger partial charge in [-0.1, -0.05) is 0 Å². The van der Waals surface area contributed by atoms with Crippen LogP contribution in [-0.4, -0.2) is 19.7 Å². The minimum absolute atomic E-state index is 0.751. The Balaban J connectivity index is 1.86. The Morgan fingerprint density at radius 3 is 2.93 bits per heavy atom. The Kier molecular flexibility index (Phi) is 2.82. The number of hydrogen-bond donors (Lipinski definition) is 2. The first-order chi connectivity index (χ1) is 7.27. The average Bonchev–Trinajstić information content (AvgIpc) is 2.83. The van der Waals surface area contributed by atoms with Crippen LogP contribution in [0.2, 0.25) is 0 Å². The molecule has 15 heavy (non-hydrogen) atoms. The van der Waals surface area contributed by atoms with Gasteiger partial charge in [0.15, 0.2) is 0 Å². The van der Waals surface area contributed by atoms with Crippen LogP contribution < -0.4 is 5.32 Å². The number of H-pyrrole nitrogens is 1. The molecule has 2 heterocycles. The van der Waals surface area contributed by atoms with Crippen LogP contribution in [0.1, 0.15) is 17.1 Å². The molecule has 0 saturated carbocycles. The van der Waals surface area contributed by atoms with Gasteiger partial charge in [0.05, 0.1) is 12.7 Å². The molecular formula is C10H15N5. The number of imidazole rings is 1. The lowest BCUT2D eigenvalue weighted by atomic mass is 10.2. The summed E-state index contributed by atoms with van der Waals surface area (Å²) in [5.41, 5.74) is 2.42. The minimum atomic E-state index is 0.751. The summed E-state index contributed by atoms with van der Waals surface area (Å²) in [6, 6.07) is 0. The Hall–Kier alpha value is -1.62. The fraction of sp³-hybridized carbons (Fsp3) is 0.400. The summed E-state index contributed by atoms with van der Waals surface area (Å²) < 4.78 is 1.88. The predicted octanol–water partition coefficient (Wildman–Crippen LogP) is 0.741. The molecule has 0 spiro atoms. The normalized spacial score (nSPS) is 10.8. The van der Waals surface area contributed by atoms with E-state index in [2.05, 4.69) is 27.3 Å². The van der Waals surface area contributed by atoms with Crippen molar-refractivity contribution in [3.05, 3.63) is 35.7 Å². The molecule has 80 valence electrons. The summed E-state index contributed by atoms with van der Waals surface area (Å²) in [5.74, 6) is 0.955. The van der Waals surface area contributed by atoms with Crippen LogP contribution in [0.25, 0.3) is 0 Å². The quantitative estimate of drug-likeness (QED) is 0.774. The molecule has 0 aliphatic rings. The predicted molar refractivity (Wildman–Crippen MR) is 57.1 cm³/mol. The topological polar surface area (TPSA) is 58.5 Å². The Morgan fingerprint density at radius 1 is 1.47 bits per heavy atom. The average molecular weight is 205 g/mol. The van der Waals surface area contributed by atoms with Crippen LogP contribution in [0.5, 0.6) is 0 Å². The third kappa shape index (κ3) is 2.24. The van der Waals surface area contributed by atoms with Crippen molar-refractivity contribution in [3.8, 4) is 0 Å². The van der Waals surface area contributed by atoms with E-state index < -0.39 is 0 Å². The SMILES string of the molecule is Cc1c(CNCc2ncc[nH]2)cnn1C. The molecule has 0 aliphatic heterocycles. The van der Waals surface area contributed by atoms with Crippen LogP contribution in [-0.2, 0) is 20.1 Å². The van der Waals surface area contributed by atoms with Crippen molar-refractivity contribution in [2.45, 2.75) is 20.0 Å². The highest BCUT2D eigenvalue weighted by Crippen LogP contribution is 2.04. The number of aromatic amines is 1. The van der Waals surface area contributed by atoms with E-state index >= 15 is 0 Å². The van der Waals surface area contributed by atoms with Crippen molar-refractivity contribution < 1.29 is 0 Å². The summed E-state index contributed by atoms with van der Waals surface area (Å²) in [6.45, 7) is 3.64. The smallest absolute Gasteiger partial charge is 0.120 e. The first-order valence-corrected chi connectivity index (χ1v) is 4.94. The zero-order valence-electron chi connectivity index (χ0n) is 8.99. The lowest BCUT2D eigenvalue weighted by Crippen LogP contribution is -2.14. The Bertz CT molecular complexity index is 415. The number of hydrogen-bond acceptors (Lipinski definition) is 3. The molecule has 2 rings (SSSR count). The van der Waals surface area contributed by atoms with Crippen molar-refractivity contribution in [1.82, 2.24) is 25.1 Å². The van der Waals surface area contributed by atoms with Crippen LogP contribution in [0.4, 0.5) is 0 Å². The molecule has 0 fully saturated rings. The second kappa shape index (κ2) is 4.27. The van der Waals surface area contributed by atoms with E-state index in [0.29, 0.717) is 0 Å². The maximum Gasteiger partial charge on any atom is 0.120 e. The van der Waals surface area contributed by atoms with E-state index in [-0.39, 0.29) is 0 Å². The fourth-order valence-electron chi connectivity index (χ4n) is 1.43. The molecule has 2 N–H and O–H groups in total. The van der Waals surface area contributed by atoms with Gasteiger partial charge >= 0.3 is 0 Å². The molecule has 5 nitrogen and oxygen atoms in total. The first-order valence-electron chi connectivity index (χ1n) is 4.94. The van der Waals surface area contributed by atoms with Crippen molar-refractivity contribution in [3.63, 3.8) is 0 Å². The zero-order chi connectivity index (χ0) is 10.7. The van der Waals surface area contributed by atoms with Gasteiger partial charge in [-0.05, 0) is 6.92 Å². The summed E-state index contributed by atoms with van der Waals surface area (Å²) in [4.78, 5) is 7.18. The lowest BCUT2D eigenvalue weighted by Gasteiger charge is -2.02. The Labute approximate surface area is 88.5 Å².